The predicted octanol–water partition coefficient (Wildman–Crippen LogP) is 4.66. The van der Waals surface area contributed by atoms with Crippen molar-refractivity contribution in [3.05, 3.63) is 89.9 Å². The first-order valence-electron chi connectivity index (χ1n) is 10.7. The molecular weight excluding hydrogens is 400 g/mol. The second-order valence-electron chi connectivity index (χ2n) is 7.69. The Morgan fingerprint density at radius 3 is 2.56 bits per heavy atom. The molecule has 4 rings (SSSR count). The normalized spacial score (nSPS) is 10.8. The number of rotatable bonds is 8. The van der Waals surface area contributed by atoms with Gasteiger partial charge in [-0.1, -0.05) is 43.3 Å². The van der Waals surface area contributed by atoms with Crippen molar-refractivity contribution in [2.24, 2.45) is 0 Å². The monoisotopic (exact) mass is 426 g/mol. The van der Waals surface area contributed by atoms with Crippen molar-refractivity contribution in [1.29, 1.82) is 0 Å². The summed E-state index contributed by atoms with van der Waals surface area (Å²) in [5.41, 5.74) is 6.86. The average Bonchev–Trinajstić information content (AvgIpc) is 3.32. The minimum absolute atomic E-state index is 0.00491. The summed E-state index contributed by atoms with van der Waals surface area (Å²) in [4.78, 5) is 16.2. The van der Waals surface area contributed by atoms with Crippen molar-refractivity contribution in [3.8, 4) is 28.1 Å². The van der Waals surface area contributed by atoms with Crippen molar-refractivity contribution < 1.29 is 9.90 Å². The zero-order chi connectivity index (χ0) is 22.3. The largest absolute Gasteiger partial charge is 0.508 e. The van der Waals surface area contributed by atoms with Gasteiger partial charge in [0.1, 0.15) is 5.75 Å². The minimum Gasteiger partial charge on any atom is -0.508 e. The van der Waals surface area contributed by atoms with Crippen molar-refractivity contribution in [2.75, 3.05) is 0 Å². The molecular formula is C26H26N4O2. The van der Waals surface area contributed by atoms with E-state index in [4.69, 9.17) is 0 Å². The summed E-state index contributed by atoms with van der Waals surface area (Å²) in [6, 6.07) is 19.7. The molecule has 0 aliphatic heterocycles. The van der Waals surface area contributed by atoms with Gasteiger partial charge < -0.3 is 10.4 Å². The summed E-state index contributed by atoms with van der Waals surface area (Å²) in [5.74, 6) is 0.331. The quantitative estimate of drug-likeness (QED) is 0.382. The number of amides is 1. The third kappa shape index (κ3) is 5.21. The fraction of sp³-hybridized carbons (Fsp3) is 0.192. The molecule has 2 aromatic carbocycles. The van der Waals surface area contributed by atoms with Crippen LogP contribution < -0.4 is 5.32 Å². The lowest BCUT2D eigenvalue weighted by Gasteiger charge is -2.07. The number of H-pyrrole nitrogens is 1. The number of hydrogen-bond donors (Lipinski definition) is 3. The van der Waals surface area contributed by atoms with Crippen LogP contribution in [0.2, 0.25) is 0 Å². The Hall–Kier alpha value is -3.93. The Morgan fingerprint density at radius 2 is 1.81 bits per heavy atom. The van der Waals surface area contributed by atoms with Gasteiger partial charge >= 0.3 is 0 Å². The number of phenolic OH excluding ortho intramolecular Hbond substituents is 1. The SMILES string of the molecule is CCc1cc(-c2ccc(-c3cc(CCC(=O)NCc4cccnc4)[nH]n3)cc2)ccc1O. The first-order valence-corrected chi connectivity index (χ1v) is 10.7. The molecule has 0 radical (unpaired) electrons. The van der Waals surface area contributed by atoms with Gasteiger partial charge in [-0.2, -0.15) is 5.10 Å². The van der Waals surface area contributed by atoms with Gasteiger partial charge in [0.2, 0.25) is 5.91 Å². The molecule has 162 valence electrons. The molecule has 3 N–H and O–H groups in total. The molecule has 2 heterocycles. The van der Waals surface area contributed by atoms with Gasteiger partial charge in [-0.3, -0.25) is 14.9 Å². The highest BCUT2D eigenvalue weighted by Crippen LogP contribution is 2.28. The van der Waals surface area contributed by atoms with Gasteiger partial charge in [0.15, 0.2) is 0 Å². The van der Waals surface area contributed by atoms with Crippen molar-refractivity contribution in [3.63, 3.8) is 0 Å². The third-order valence-electron chi connectivity index (χ3n) is 5.44. The van der Waals surface area contributed by atoms with Crippen LogP contribution in [0.4, 0.5) is 0 Å². The molecule has 0 atom stereocenters. The molecule has 6 heteroatoms. The van der Waals surface area contributed by atoms with Crippen molar-refractivity contribution >= 4 is 5.91 Å². The number of aromatic hydroxyl groups is 1. The van der Waals surface area contributed by atoms with E-state index in [0.29, 0.717) is 25.1 Å². The van der Waals surface area contributed by atoms with E-state index in [1.54, 1.807) is 18.5 Å². The van der Waals surface area contributed by atoms with E-state index in [1.807, 2.05) is 49.4 Å². The van der Waals surface area contributed by atoms with Crippen LogP contribution in [-0.2, 0) is 24.2 Å². The van der Waals surface area contributed by atoms with Crippen LogP contribution in [0.15, 0.2) is 73.1 Å². The third-order valence-corrected chi connectivity index (χ3v) is 5.44. The van der Waals surface area contributed by atoms with Crippen LogP contribution in [0.1, 0.15) is 30.2 Å². The number of benzene rings is 2. The first-order chi connectivity index (χ1) is 15.6. The van der Waals surface area contributed by atoms with Gasteiger partial charge in [0.25, 0.3) is 0 Å². The van der Waals surface area contributed by atoms with E-state index in [2.05, 4.69) is 32.6 Å². The molecule has 0 unspecified atom stereocenters. The summed E-state index contributed by atoms with van der Waals surface area (Å²) >= 11 is 0. The smallest absolute Gasteiger partial charge is 0.220 e. The number of carbonyl (C=O) groups is 1. The van der Waals surface area contributed by atoms with E-state index in [-0.39, 0.29) is 5.91 Å². The lowest BCUT2D eigenvalue weighted by Crippen LogP contribution is -2.23. The van der Waals surface area contributed by atoms with Crippen LogP contribution in [-0.4, -0.2) is 26.2 Å². The van der Waals surface area contributed by atoms with E-state index in [1.165, 1.54) is 0 Å². The van der Waals surface area contributed by atoms with Gasteiger partial charge in [-0.05, 0) is 59.4 Å². The zero-order valence-electron chi connectivity index (χ0n) is 18.0. The second kappa shape index (κ2) is 9.92. The Kier molecular flexibility index (Phi) is 6.60. The number of nitrogens with zero attached hydrogens (tertiary/aromatic N) is 2. The van der Waals surface area contributed by atoms with Crippen LogP contribution in [0.25, 0.3) is 22.4 Å². The molecule has 0 aliphatic rings. The lowest BCUT2D eigenvalue weighted by molar-refractivity contribution is -0.121. The van der Waals surface area contributed by atoms with Crippen molar-refractivity contribution in [2.45, 2.75) is 32.7 Å². The number of aromatic nitrogens is 3. The Labute approximate surface area is 187 Å². The van der Waals surface area contributed by atoms with Crippen molar-refractivity contribution in [1.82, 2.24) is 20.5 Å². The standard InChI is InChI=1S/C26H26N4O2/c1-2-19-14-22(9-11-25(19)31)20-5-7-21(8-6-20)24-15-23(29-30-24)10-12-26(32)28-17-18-4-3-13-27-16-18/h3-9,11,13-16,31H,2,10,12,17H2,1H3,(H,28,32)(H,29,30). The van der Waals surface area contributed by atoms with Gasteiger partial charge in [0, 0.05) is 36.6 Å². The fourth-order valence-corrected chi connectivity index (χ4v) is 3.56. The minimum atomic E-state index is -0.00491. The lowest BCUT2D eigenvalue weighted by atomic mass is 9.99. The topological polar surface area (TPSA) is 90.9 Å². The maximum atomic E-state index is 12.1. The van der Waals surface area contributed by atoms with E-state index in [0.717, 1.165) is 45.6 Å². The maximum Gasteiger partial charge on any atom is 0.220 e. The summed E-state index contributed by atoms with van der Waals surface area (Å²) < 4.78 is 0. The number of nitrogens with one attached hydrogen (secondary N) is 2. The number of pyridine rings is 1. The molecule has 0 aliphatic carbocycles. The van der Waals surface area contributed by atoms with Gasteiger partial charge in [-0.15, -0.1) is 0 Å². The molecule has 0 saturated heterocycles. The number of aryl methyl sites for hydroxylation is 2. The highest BCUT2D eigenvalue weighted by molar-refractivity contribution is 5.76. The number of carbonyl (C=O) groups excluding carboxylic acids is 1. The second-order valence-corrected chi connectivity index (χ2v) is 7.69. The summed E-state index contributed by atoms with van der Waals surface area (Å²) in [5, 5.41) is 20.2. The summed E-state index contributed by atoms with van der Waals surface area (Å²) in [6.45, 7) is 2.51. The highest BCUT2D eigenvalue weighted by atomic mass is 16.3. The molecule has 0 fully saturated rings. The predicted molar refractivity (Wildman–Crippen MR) is 125 cm³/mol. The number of phenols is 1. The highest BCUT2D eigenvalue weighted by Gasteiger charge is 2.08. The van der Waals surface area contributed by atoms with E-state index >= 15 is 0 Å². The van der Waals surface area contributed by atoms with Gasteiger partial charge in [-0.25, -0.2) is 0 Å². The molecule has 1 amide bonds. The molecule has 6 nitrogen and oxygen atoms in total. The molecule has 0 spiro atoms. The first kappa shape index (κ1) is 21.3. The van der Waals surface area contributed by atoms with Gasteiger partial charge in [0.05, 0.1) is 5.69 Å². The Bertz CT molecular complexity index is 1180. The van der Waals surface area contributed by atoms with E-state index < -0.39 is 0 Å². The molecule has 32 heavy (non-hydrogen) atoms. The summed E-state index contributed by atoms with van der Waals surface area (Å²) in [7, 11) is 0. The zero-order valence-corrected chi connectivity index (χ0v) is 18.0. The molecule has 4 aromatic rings. The summed E-state index contributed by atoms with van der Waals surface area (Å²) in [6.07, 6.45) is 5.23. The molecule has 0 saturated carbocycles. The number of hydrogen-bond acceptors (Lipinski definition) is 4. The maximum absolute atomic E-state index is 12.1. The molecule has 2 aromatic heterocycles. The average molecular weight is 427 g/mol. The van der Waals surface area contributed by atoms with Crippen LogP contribution in [0, 0.1) is 0 Å². The fourth-order valence-electron chi connectivity index (χ4n) is 3.56. The molecule has 0 bridgehead atoms. The Morgan fingerprint density at radius 1 is 1.03 bits per heavy atom. The number of aromatic amines is 1. The van der Waals surface area contributed by atoms with Crippen LogP contribution in [0.5, 0.6) is 5.75 Å². The van der Waals surface area contributed by atoms with Crippen LogP contribution in [0.3, 0.4) is 0 Å². The Balaban J connectivity index is 1.34. The van der Waals surface area contributed by atoms with Crippen LogP contribution >= 0.6 is 0 Å². The van der Waals surface area contributed by atoms with E-state index in [9.17, 15) is 9.90 Å².